The molecule has 84 valence electrons. The first-order valence-corrected chi connectivity index (χ1v) is 5.74. The second-order valence-corrected chi connectivity index (χ2v) is 4.74. The Morgan fingerprint density at radius 2 is 2.19 bits per heavy atom. The van der Waals surface area contributed by atoms with E-state index in [1.165, 1.54) is 17.5 Å². The average Bonchev–Trinajstić information content (AvgIpc) is 2.24. The van der Waals surface area contributed by atoms with E-state index in [0.29, 0.717) is 0 Å². The number of benzene rings is 1. The van der Waals surface area contributed by atoms with E-state index in [0.717, 1.165) is 25.0 Å². The van der Waals surface area contributed by atoms with E-state index in [2.05, 4.69) is 19.1 Å². The molecule has 2 nitrogen and oxygen atoms in total. The summed E-state index contributed by atoms with van der Waals surface area (Å²) in [5.74, 6) is 0.909. The molecule has 1 aliphatic rings. The molecule has 0 atom stereocenters. The lowest BCUT2D eigenvalue weighted by Gasteiger charge is -2.35. The Kier molecular flexibility index (Phi) is 2.87. The zero-order valence-corrected chi connectivity index (χ0v) is 9.92. The van der Waals surface area contributed by atoms with Crippen molar-refractivity contribution < 1.29 is 4.74 Å². The lowest BCUT2D eigenvalue weighted by atomic mass is 9.66. The van der Waals surface area contributed by atoms with Crippen molar-refractivity contribution in [1.29, 1.82) is 5.26 Å². The fourth-order valence-electron chi connectivity index (χ4n) is 2.34. The minimum absolute atomic E-state index is 0.124. The molecule has 2 rings (SSSR count). The van der Waals surface area contributed by atoms with Gasteiger partial charge in [-0.05, 0) is 37.8 Å². The number of methoxy groups -OCH3 is 1. The number of ether oxygens (including phenoxy) is 1. The smallest absolute Gasteiger partial charge is 0.122 e. The lowest BCUT2D eigenvalue weighted by molar-refractivity contribution is 0.212. The first kappa shape index (κ1) is 11.0. The van der Waals surface area contributed by atoms with Crippen molar-refractivity contribution in [2.45, 2.75) is 32.6 Å². The molecule has 1 saturated carbocycles. The van der Waals surface area contributed by atoms with E-state index in [1.54, 1.807) is 7.11 Å². The summed E-state index contributed by atoms with van der Waals surface area (Å²) in [4.78, 5) is 0. The van der Waals surface area contributed by atoms with Gasteiger partial charge >= 0.3 is 0 Å². The maximum atomic E-state index is 9.24. The zero-order chi connectivity index (χ0) is 11.6. The average molecular weight is 215 g/mol. The van der Waals surface area contributed by atoms with E-state index >= 15 is 0 Å². The molecule has 0 spiro atoms. The third-order valence-electron chi connectivity index (χ3n) is 3.51. The molecule has 0 amide bonds. The van der Waals surface area contributed by atoms with Gasteiger partial charge in [-0.25, -0.2) is 0 Å². The Bertz CT molecular complexity index is 427. The van der Waals surface area contributed by atoms with Crippen LogP contribution in [0.5, 0.6) is 5.75 Å². The van der Waals surface area contributed by atoms with E-state index in [1.807, 2.05) is 12.1 Å². The van der Waals surface area contributed by atoms with Crippen molar-refractivity contribution >= 4 is 0 Å². The molecule has 0 bridgehead atoms. The van der Waals surface area contributed by atoms with Gasteiger partial charge in [-0.2, -0.15) is 5.26 Å². The van der Waals surface area contributed by atoms with Crippen molar-refractivity contribution in [2.24, 2.45) is 5.41 Å². The number of nitriles is 1. The molecule has 0 N–H and O–H groups in total. The van der Waals surface area contributed by atoms with Crippen LogP contribution < -0.4 is 4.74 Å². The van der Waals surface area contributed by atoms with Gasteiger partial charge in [0.15, 0.2) is 0 Å². The summed E-state index contributed by atoms with van der Waals surface area (Å²) >= 11 is 0. The highest BCUT2D eigenvalue weighted by molar-refractivity contribution is 5.38. The first-order chi connectivity index (χ1) is 7.69. The molecule has 1 aromatic carbocycles. The van der Waals surface area contributed by atoms with E-state index < -0.39 is 0 Å². The van der Waals surface area contributed by atoms with Gasteiger partial charge in [0.25, 0.3) is 0 Å². The van der Waals surface area contributed by atoms with Crippen molar-refractivity contribution in [1.82, 2.24) is 0 Å². The van der Waals surface area contributed by atoms with Gasteiger partial charge in [0.2, 0.25) is 0 Å². The molecule has 1 fully saturated rings. The standard InChI is InChI=1S/C14H17NO/c1-11-4-5-13(16-2)12(8-11)9-14(10-15)6-3-7-14/h4-5,8H,3,6-7,9H2,1-2H3. The van der Waals surface area contributed by atoms with Gasteiger partial charge in [0.05, 0.1) is 18.6 Å². The highest BCUT2D eigenvalue weighted by Crippen LogP contribution is 2.44. The Morgan fingerprint density at radius 1 is 1.44 bits per heavy atom. The molecule has 0 aromatic heterocycles. The van der Waals surface area contributed by atoms with E-state index in [9.17, 15) is 5.26 Å². The van der Waals surface area contributed by atoms with Crippen LogP contribution in [0.1, 0.15) is 30.4 Å². The molecule has 16 heavy (non-hydrogen) atoms. The lowest BCUT2D eigenvalue weighted by Crippen LogP contribution is -2.30. The molecule has 0 aliphatic heterocycles. The van der Waals surface area contributed by atoms with Gasteiger partial charge in [-0.1, -0.05) is 24.1 Å². The van der Waals surface area contributed by atoms with Gasteiger partial charge in [-0.3, -0.25) is 0 Å². The topological polar surface area (TPSA) is 33.0 Å². The summed E-state index contributed by atoms with van der Waals surface area (Å²) < 4.78 is 5.35. The van der Waals surface area contributed by atoms with Gasteiger partial charge in [0, 0.05) is 0 Å². The summed E-state index contributed by atoms with van der Waals surface area (Å²) in [5, 5.41) is 9.24. The maximum absolute atomic E-state index is 9.24. The molecule has 1 aromatic rings. The number of aryl methyl sites for hydroxylation is 1. The Morgan fingerprint density at radius 3 is 2.69 bits per heavy atom. The molecule has 0 radical (unpaired) electrons. The fraction of sp³-hybridized carbons (Fsp3) is 0.500. The van der Waals surface area contributed by atoms with Crippen molar-refractivity contribution in [3.8, 4) is 11.8 Å². The third kappa shape index (κ3) is 1.90. The minimum Gasteiger partial charge on any atom is -0.496 e. The Labute approximate surface area is 96.9 Å². The summed E-state index contributed by atoms with van der Waals surface area (Å²) in [7, 11) is 1.69. The highest BCUT2D eigenvalue weighted by Gasteiger charge is 2.37. The van der Waals surface area contributed by atoms with Crippen molar-refractivity contribution in [3.63, 3.8) is 0 Å². The van der Waals surface area contributed by atoms with Crippen LogP contribution in [0.25, 0.3) is 0 Å². The van der Waals surface area contributed by atoms with Crippen LogP contribution in [0.4, 0.5) is 0 Å². The Hall–Kier alpha value is -1.49. The summed E-state index contributed by atoms with van der Waals surface area (Å²) in [5.41, 5.74) is 2.27. The molecule has 0 heterocycles. The van der Waals surface area contributed by atoms with Gasteiger partial charge in [0.1, 0.15) is 5.75 Å². The highest BCUT2D eigenvalue weighted by atomic mass is 16.5. The van der Waals surface area contributed by atoms with Crippen LogP contribution in [-0.2, 0) is 6.42 Å². The van der Waals surface area contributed by atoms with Crippen LogP contribution >= 0.6 is 0 Å². The molecule has 1 aliphatic carbocycles. The number of rotatable bonds is 3. The van der Waals surface area contributed by atoms with Gasteiger partial charge in [-0.15, -0.1) is 0 Å². The predicted octanol–water partition coefficient (Wildman–Crippen LogP) is 3.24. The predicted molar refractivity (Wildman–Crippen MR) is 63.3 cm³/mol. The second kappa shape index (κ2) is 4.17. The SMILES string of the molecule is COc1ccc(C)cc1CC1(C#N)CCC1. The van der Waals surface area contributed by atoms with E-state index in [-0.39, 0.29) is 5.41 Å². The Balaban J connectivity index is 2.26. The summed E-state index contributed by atoms with van der Waals surface area (Å²) in [6, 6.07) is 8.65. The second-order valence-electron chi connectivity index (χ2n) is 4.74. The summed E-state index contributed by atoms with van der Waals surface area (Å²) in [6.07, 6.45) is 4.07. The van der Waals surface area contributed by atoms with Crippen LogP contribution in [0.15, 0.2) is 18.2 Å². The summed E-state index contributed by atoms with van der Waals surface area (Å²) in [6.45, 7) is 2.07. The van der Waals surface area contributed by atoms with E-state index in [4.69, 9.17) is 4.74 Å². The van der Waals surface area contributed by atoms with Crippen molar-refractivity contribution in [2.75, 3.05) is 7.11 Å². The monoisotopic (exact) mass is 215 g/mol. The largest absolute Gasteiger partial charge is 0.496 e. The normalized spacial score (nSPS) is 17.3. The number of nitrogens with zero attached hydrogens (tertiary/aromatic N) is 1. The van der Waals surface area contributed by atoms with Crippen LogP contribution in [0.2, 0.25) is 0 Å². The van der Waals surface area contributed by atoms with Crippen LogP contribution in [-0.4, -0.2) is 7.11 Å². The third-order valence-corrected chi connectivity index (χ3v) is 3.51. The molecular formula is C14H17NO. The zero-order valence-electron chi connectivity index (χ0n) is 9.92. The van der Waals surface area contributed by atoms with Crippen LogP contribution in [0, 0.1) is 23.7 Å². The van der Waals surface area contributed by atoms with Crippen molar-refractivity contribution in [3.05, 3.63) is 29.3 Å². The quantitative estimate of drug-likeness (QED) is 0.775. The fourth-order valence-corrected chi connectivity index (χ4v) is 2.34. The molecular weight excluding hydrogens is 198 g/mol. The first-order valence-electron chi connectivity index (χ1n) is 5.74. The maximum Gasteiger partial charge on any atom is 0.122 e. The number of hydrogen-bond donors (Lipinski definition) is 0. The molecule has 2 heteroatoms. The minimum atomic E-state index is -0.124. The number of hydrogen-bond acceptors (Lipinski definition) is 2. The van der Waals surface area contributed by atoms with Gasteiger partial charge < -0.3 is 4.74 Å². The van der Waals surface area contributed by atoms with Crippen LogP contribution in [0.3, 0.4) is 0 Å². The molecule has 0 saturated heterocycles. The molecule has 0 unspecified atom stereocenters.